The van der Waals surface area contributed by atoms with Gasteiger partial charge in [0.1, 0.15) is 0 Å². The first-order chi connectivity index (χ1) is 5.36. The molecule has 0 fully saturated rings. The first-order valence-corrected chi connectivity index (χ1v) is 4.42. The van der Waals surface area contributed by atoms with Crippen molar-refractivity contribution in [3.63, 3.8) is 0 Å². The second-order valence-electron chi connectivity index (χ2n) is 3.47. The largest absolute Gasteiger partial charge is 0.0775 e. The Balaban J connectivity index is 2.28. The number of hydrogen-bond donors (Lipinski definition) is 0. The highest BCUT2D eigenvalue weighted by molar-refractivity contribution is 5.38. The molecule has 2 aliphatic carbocycles. The minimum atomic E-state index is 1.20. The first-order valence-electron chi connectivity index (χ1n) is 4.42. The van der Waals surface area contributed by atoms with Crippen LogP contribution in [-0.4, -0.2) is 0 Å². The molecule has 0 heterocycles. The van der Waals surface area contributed by atoms with Crippen LogP contribution in [0.15, 0.2) is 34.9 Å². The molecule has 2 aliphatic rings. The van der Waals surface area contributed by atoms with E-state index in [2.05, 4.69) is 25.2 Å². The summed E-state index contributed by atoms with van der Waals surface area (Å²) in [6, 6.07) is 0. The quantitative estimate of drug-likeness (QED) is 0.491. The normalized spacial score (nSPS) is 23.2. The van der Waals surface area contributed by atoms with Crippen LogP contribution in [0.4, 0.5) is 0 Å². The van der Waals surface area contributed by atoms with Gasteiger partial charge in [0.2, 0.25) is 0 Å². The van der Waals surface area contributed by atoms with Crippen molar-refractivity contribution < 1.29 is 0 Å². The monoisotopic (exact) mass is 146 g/mol. The summed E-state index contributed by atoms with van der Waals surface area (Å²) in [5, 5.41) is 0. The van der Waals surface area contributed by atoms with E-state index >= 15 is 0 Å². The Kier molecular flexibility index (Phi) is 1.69. The molecule has 0 bridgehead atoms. The maximum absolute atomic E-state index is 2.34. The number of rotatable bonds is 0. The van der Waals surface area contributed by atoms with E-state index < -0.39 is 0 Å². The Labute approximate surface area is 68.3 Å². The van der Waals surface area contributed by atoms with E-state index in [0.29, 0.717) is 0 Å². The molecule has 2 rings (SSSR count). The lowest BCUT2D eigenvalue weighted by molar-refractivity contribution is 0.886. The van der Waals surface area contributed by atoms with Crippen molar-refractivity contribution in [2.75, 3.05) is 0 Å². The molecule has 0 aromatic heterocycles. The van der Waals surface area contributed by atoms with Crippen molar-refractivity contribution >= 4 is 0 Å². The molecule has 0 spiro atoms. The van der Waals surface area contributed by atoms with E-state index in [-0.39, 0.29) is 0 Å². The van der Waals surface area contributed by atoms with Crippen molar-refractivity contribution in [2.45, 2.75) is 32.6 Å². The van der Waals surface area contributed by atoms with Crippen LogP contribution in [0.5, 0.6) is 0 Å². The third kappa shape index (κ3) is 1.30. The highest BCUT2D eigenvalue weighted by Gasteiger charge is 2.12. The summed E-state index contributed by atoms with van der Waals surface area (Å²) in [5.74, 6) is 0. The Morgan fingerprint density at radius 2 is 2.09 bits per heavy atom. The van der Waals surface area contributed by atoms with E-state index in [1.807, 2.05) is 0 Å². The van der Waals surface area contributed by atoms with Gasteiger partial charge < -0.3 is 0 Å². The van der Waals surface area contributed by atoms with E-state index in [9.17, 15) is 0 Å². The molecule has 0 saturated heterocycles. The molecule has 0 N–H and O–H groups in total. The SMILES string of the molecule is CC1=CCC2=C(C=C1)CCC2. The van der Waals surface area contributed by atoms with Crippen LogP contribution in [0.1, 0.15) is 32.6 Å². The fourth-order valence-corrected chi connectivity index (χ4v) is 1.85. The summed E-state index contributed by atoms with van der Waals surface area (Å²) in [4.78, 5) is 0. The Bertz CT molecular complexity index is 251. The molecule has 0 amide bonds. The van der Waals surface area contributed by atoms with Gasteiger partial charge in [-0.3, -0.25) is 0 Å². The minimum Gasteiger partial charge on any atom is -0.0775 e. The van der Waals surface area contributed by atoms with Crippen molar-refractivity contribution in [3.8, 4) is 0 Å². The van der Waals surface area contributed by atoms with Gasteiger partial charge in [-0.15, -0.1) is 0 Å². The zero-order valence-corrected chi connectivity index (χ0v) is 7.06. The van der Waals surface area contributed by atoms with Crippen LogP contribution in [0.25, 0.3) is 0 Å². The summed E-state index contributed by atoms with van der Waals surface area (Å²) in [6.07, 6.45) is 12.1. The van der Waals surface area contributed by atoms with Gasteiger partial charge in [0.15, 0.2) is 0 Å². The van der Waals surface area contributed by atoms with Crippen LogP contribution < -0.4 is 0 Å². The Hall–Kier alpha value is -0.780. The summed E-state index contributed by atoms with van der Waals surface area (Å²) in [6.45, 7) is 2.18. The zero-order valence-electron chi connectivity index (χ0n) is 7.06. The Morgan fingerprint density at radius 3 is 3.00 bits per heavy atom. The second kappa shape index (κ2) is 2.69. The third-order valence-corrected chi connectivity index (χ3v) is 2.60. The lowest BCUT2D eigenvalue weighted by Crippen LogP contribution is -1.76. The van der Waals surface area contributed by atoms with Gasteiger partial charge in [-0.1, -0.05) is 29.4 Å². The number of hydrogen-bond acceptors (Lipinski definition) is 0. The molecule has 0 heteroatoms. The molecule has 0 aromatic rings. The number of allylic oxidation sites excluding steroid dienone is 6. The second-order valence-corrected chi connectivity index (χ2v) is 3.47. The fraction of sp³-hybridized carbons (Fsp3) is 0.455. The van der Waals surface area contributed by atoms with E-state index in [4.69, 9.17) is 0 Å². The topological polar surface area (TPSA) is 0 Å². The molecule has 58 valence electrons. The maximum atomic E-state index is 2.34. The first kappa shape index (κ1) is 6.90. The summed E-state index contributed by atoms with van der Waals surface area (Å²) < 4.78 is 0. The lowest BCUT2D eigenvalue weighted by atomic mass is 10.1. The standard InChI is InChI=1S/C11H14/c1-9-5-7-10-3-2-4-11(10)8-6-9/h5-7H,2-4,8H2,1H3. The van der Waals surface area contributed by atoms with Gasteiger partial charge in [-0.2, -0.15) is 0 Å². The minimum absolute atomic E-state index is 1.20. The molecule has 0 nitrogen and oxygen atoms in total. The van der Waals surface area contributed by atoms with Gasteiger partial charge in [0, 0.05) is 0 Å². The van der Waals surface area contributed by atoms with Gasteiger partial charge >= 0.3 is 0 Å². The molecule has 11 heavy (non-hydrogen) atoms. The third-order valence-electron chi connectivity index (χ3n) is 2.60. The lowest BCUT2D eigenvalue weighted by Gasteiger charge is -1.96. The van der Waals surface area contributed by atoms with Crippen LogP contribution in [-0.2, 0) is 0 Å². The van der Waals surface area contributed by atoms with Crippen LogP contribution in [0.2, 0.25) is 0 Å². The van der Waals surface area contributed by atoms with Crippen LogP contribution in [0.3, 0.4) is 0 Å². The fourth-order valence-electron chi connectivity index (χ4n) is 1.85. The molecule has 0 saturated carbocycles. The van der Waals surface area contributed by atoms with E-state index in [0.717, 1.165) is 0 Å². The highest BCUT2D eigenvalue weighted by Crippen LogP contribution is 2.31. The summed E-state index contributed by atoms with van der Waals surface area (Å²) in [5.41, 5.74) is 4.70. The summed E-state index contributed by atoms with van der Waals surface area (Å²) in [7, 11) is 0. The van der Waals surface area contributed by atoms with Crippen LogP contribution in [0, 0.1) is 0 Å². The van der Waals surface area contributed by atoms with E-state index in [1.165, 1.54) is 31.3 Å². The summed E-state index contributed by atoms with van der Waals surface area (Å²) >= 11 is 0. The average molecular weight is 146 g/mol. The van der Waals surface area contributed by atoms with Gasteiger partial charge in [-0.05, 0) is 38.2 Å². The highest BCUT2D eigenvalue weighted by atomic mass is 14.2. The van der Waals surface area contributed by atoms with Crippen molar-refractivity contribution in [2.24, 2.45) is 0 Å². The van der Waals surface area contributed by atoms with Crippen molar-refractivity contribution in [1.29, 1.82) is 0 Å². The van der Waals surface area contributed by atoms with E-state index in [1.54, 1.807) is 11.1 Å². The predicted molar refractivity (Wildman–Crippen MR) is 48.4 cm³/mol. The molecule has 0 radical (unpaired) electrons. The maximum Gasteiger partial charge on any atom is -0.0127 e. The zero-order chi connectivity index (χ0) is 7.68. The molecule has 0 atom stereocenters. The van der Waals surface area contributed by atoms with Crippen LogP contribution >= 0.6 is 0 Å². The molecule has 0 unspecified atom stereocenters. The molecule has 0 aromatic carbocycles. The van der Waals surface area contributed by atoms with Gasteiger partial charge in [-0.25, -0.2) is 0 Å². The Morgan fingerprint density at radius 1 is 1.18 bits per heavy atom. The van der Waals surface area contributed by atoms with Gasteiger partial charge in [0.05, 0.1) is 0 Å². The average Bonchev–Trinajstić information content (AvgIpc) is 2.38. The van der Waals surface area contributed by atoms with Crippen molar-refractivity contribution in [1.82, 2.24) is 0 Å². The molecule has 0 aliphatic heterocycles. The van der Waals surface area contributed by atoms with Gasteiger partial charge in [0.25, 0.3) is 0 Å². The smallest absolute Gasteiger partial charge is 0.0127 e. The predicted octanol–water partition coefficient (Wildman–Crippen LogP) is 3.37. The van der Waals surface area contributed by atoms with Crippen molar-refractivity contribution in [3.05, 3.63) is 34.9 Å². The molecular formula is C11H14. The molecular weight excluding hydrogens is 132 g/mol.